The summed E-state index contributed by atoms with van der Waals surface area (Å²) in [5.74, 6) is -0.794. The number of carbonyl (C=O) groups excluding carboxylic acids is 1. The quantitative estimate of drug-likeness (QED) is 0.469. The zero-order valence-corrected chi connectivity index (χ0v) is 18.3. The van der Waals surface area contributed by atoms with Crippen LogP contribution in [0.3, 0.4) is 0 Å². The molecule has 0 saturated carbocycles. The molecule has 0 unspecified atom stereocenters. The molecule has 0 fully saturated rings. The van der Waals surface area contributed by atoms with E-state index in [1.807, 2.05) is 32.2 Å². The summed E-state index contributed by atoms with van der Waals surface area (Å²) in [5.41, 5.74) is 3.80. The molecule has 2 N–H and O–H groups in total. The number of aromatic carboxylic acids is 1. The fraction of sp³-hybridized carbons (Fsp3) is 0.160. The van der Waals surface area contributed by atoms with Crippen LogP contribution in [-0.4, -0.2) is 31.4 Å². The normalized spacial score (nSPS) is 10.1. The van der Waals surface area contributed by atoms with Gasteiger partial charge in [0.05, 0.1) is 28.5 Å². The standard InChI is InChI=1S/C23H17N5O3.C2H6/c24-10-16-3-1-15(2-4-16)9-20-14-28-13-19(12-26-23(28)27-20)21(29)25-11-17-5-7-18(8-6-17)22(30)31;1-2/h1-8,12-14H,9,11H2,(H,25,29)(H,30,31);1-2H3. The van der Waals surface area contributed by atoms with E-state index in [4.69, 9.17) is 10.4 Å². The van der Waals surface area contributed by atoms with Crippen LogP contribution in [-0.2, 0) is 13.0 Å². The molecule has 2 aromatic heterocycles. The van der Waals surface area contributed by atoms with Crippen molar-refractivity contribution in [3.63, 3.8) is 0 Å². The molecule has 0 aliphatic carbocycles. The second-order valence-corrected chi connectivity index (χ2v) is 6.95. The molecule has 0 bridgehead atoms. The predicted octanol–water partition coefficient (Wildman–Crippen LogP) is 3.85. The first kappa shape index (κ1) is 23.2. The summed E-state index contributed by atoms with van der Waals surface area (Å²) in [4.78, 5) is 32.1. The molecule has 4 aromatic rings. The van der Waals surface area contributed by atoms with Crippen LogP contribution in [0.15, 0.2) is 67.1 Å². The first-order chi connectivity index (χ1) is 16.0. The largest absolute Gasteiger partial charge is 0.478 e. The smallest absolute Gasteiger partial charge is 0.335 e. The summed E-state index contributed by atoms with van der Waals surface area (Å²) in [7, 11) is 0. The number of nitriles is 1. The van der Waals surface area contributed by atoms with Crippen LogP contribution in [0.2, 0.25) is 0 Å². The van der Waals surface area contributed by atoms with Gasteiger partial charge in [0, 0.05) is 31.6 Å². The molecular weight excluding hydrogens is 418 g/mol. The topological polar surface area (TPSA) is 120 Å². The first-order valence-electron chi connectivity index (χ1n) is 10.4. The molecule has 0 spiro atoms. The van der Waals surface area contributed by atoms with Gasteiger partial charge in [-0.3, -0.25) is 9.20 Å². The summed E-state index contributed by atoms with van der Waals surface area (Å²) >= 11 is 0. The average molecular weight is 441 g/mol. The van der Waals surface area contributed by atoms with Crippen LogP contribution in [0.25, 0.3) is 5.78 Å². The Morgan fingerprint density at radius 2 is 1.67 bits per heavy atom. The van der Waals surface area contributed by atoms with Crippen LogP contribution >= 0.6 is 0 Å². The molecule has 33 heavy (non-hydrogen) atoms. The number of nitrogens with zero attached hydrogens (tertiary/aromatic N) is 4. The number of amides is 1. The minimum atomic E-state index is -0.992. The van der Waals surface area contributed by atoms with Gasteiger partial charge in [-0.05, 0) is 35.4 Å². The van der Waals surface area contributed by atoms with Crippen molar-refractivity contribution in [1.82, 2.24) is 19.7 Å². The third-order valence-electron chi connectivity index (χ3n) is 4.74. The number of carboxylic acids is 1. The van der Waals surface area contributed by atoms with E-state index in [0.29, 0.717) is 23.3 Å². The molecule has 0 radical (unpaired) electrons. The van der Waals surface area contributed by atoms with Crippen LogP contribution in [0.4, 0.5) is 0 Å². The van der Waals surface area contributed by atoms with Gasteiger partial charge in [-0.2, -0.15) is 5.26 Å². The van der Waals surface area contributed by atoms with Gasteiger partial charge in [0.2, 0.25) is 5.78 Å². The van der Waals surface area contributed by atoms with E-state index in [1.165, 1.54) is 18.3 Å². The highest BCUT2D eigenvalue weighted by atomic mass is 16.4. The number of hydrogen-bond donors (Lipinski definition) is 2. The number of nitrogens with one attached hydrogen (secondary N) is 1. The number of fused-ring (bicyclic) bond motifs is 1. The number of imidazole rings is 1. The zero-order chi connectivity index (χ0) is 23.8. The summed E-state index contributed by atoms with van der Waals surface area (Å²) < 4.78 is 1.70. The van der Waals surface area contributed by atoms with Crippen LogP contribution in [0.5, 0.6) is 0 Å². The number of benzene rings is 2. The highest BCUT2D eigenvalue weighted by Gasteiger charge is 2.10. The monoisotopic (exact) mass is 441 g/mol. The maximum atomic E-state index is 12.5. The van der Waals surface area contributed by atoms with Crippen LogP contribution in [0, 0.1) is 11.3 Å². The Hall–Kier alpha value is -4.51. The summed E-state index contributed by atoms with van der Waals surface area (Å²) in [6, 6.07) is 15.7. The molecule has 0 atom stereocenters. The third-order valence-corrected chi connectivity index (χ3v) is 4.74. The maximum absolute atomic E-state index is 12.5. The third kappa shape index (κ3) is 5.80. The number of hydrogen-bond acceptors (Lipinski definition) is 5. The zero-order valence-electron chi connectivity index (χ0n) is 18.3. The summed E-state index contributed by atoms with van der Waals surface area (Å²) in [6.45, 7) is 4.27. The van der Waals surface area contributed by atoms with E-state index in [2.05, 4.69) is 21.4 Å². The van der Waals surface area contributed by atoms with Crippen LogP contribution < -0.4 is 5.32 Å². The summed E-state index contributed by atoms with van der Waals surface area (Å²) in [6.07, 6.45) is 5.54. The minimum Gasteiger partial charge on any atom is -0.478 e. The minimum absolute atomic E-state index is 0.196. The Morgan fingerprint density at radius 1 is 1.00 bits per heavy atom. The molecule has 8 nitrogen and oxygen atoms in total. The van der Waals surface area contributed by atoms with Gasteiger partial charge in [0.15, 0.2) is 0 Å². The van der Waals surface area contributed by atoms with E-state index >= 15 is 0 Å². The number of carbonyl (C=O) groups is 2. The SMILES string of the molecule is CC.N#Cc1ccc(Cc2cn3cc(C(=O)NCc4ccc(C(=O)O)cc4)cnc3n2)cc1. The number of aromatic nitrogens is 3. The Bertz CT molecular complexity index is 1300. The van der Waals surface area contributed by atoms with E-state index < -0.39 is 5.97 Å². The van der Waals surface area contributed by atoms with Gasteiger partial charge < -0.3 is 10.4 Å². The first-order valence-corrected chi connectivity index (χ1v) is 10.4. The van der Waals surface area contributed by atoms with Crippen molar-refractivity contribution in [1.29, 1.82) is 5.26 Å². The van der Waals surface area contributed by atoms with Crippen molar-refractivity contribution in [2.45, 2.75) is 26.8 Å². The summed E-state index contributed by atoms with van der Waals surface area (Å²) in [5, 5.41) is 20.6. The molecule has 4 rings (SSSR count). The fourth-order valence-corrected chi connectivity index (χ4v) is 3.09. The molecule has 0 saturated heterocycles. The molecule has 8 heteroatoms. The Morgan fingerprint density at radius 3 is 2.30 bits per heavy atom. The van der Waals surface area contributed by atoms with E-state index in [0.717, 1.165) is 16.8 Å². The molecule has 0 aliphatic heterocycles. The Labute approximate surface area is 191 Å². The van der Waals surface area contributed by atoms with Crippen molar-refractivity contribution in [3.05, 3.63) is 101 Å². The van der Waals surface area contributed by atoms with Crippen LogP contribution in [0.1, 0.15) is 56.9 Å². The molecule has 1 amide bonds. The van der Waals surface area contributed by atoms with E-state index in [-0.39, 0.29) is 18.0 Å². The molecular formula is C25H23N5O3. The van der Waals surface area contributed by atoms with Gasteiger partial charge in [0.25, 0.3) is 5.91 Å². The second-order valence-electron chi connectivity index (χ2n) is 6.95. The van der Waals surface area contributed by atoms with Gasteiger partial charge in [-0.25, -0.2) is 14.8 Å². The Balaban J connectivity index is 0.00000149. The molecule has 2 aromatic carbocycles. The number of carboxylic acid groups (broad SMARTS) is 1. The van der Waals surface area contributed by atoms with Crippen molar-refractivity contribution in [3.8, 4) is 6.07 Å². The molecule has 166 valence electrons. The lowest BCUT2D eigenvalue weighted by molar-refractivity contribution is 0.0696. The second kappa shape index (κ2) is 10.7. The fourth-order valence-electron chi connectivity index (χ4n) is 3.09. The molecule has 0 aliphatic rings. The van der Waals surface area contributed by atoms with Gasteiger partial charge in [-0.15, -0.1) is 0 Å². The van der Waals surface area contributed by atoms with Crippen molar-refractivity contribution in [2.24, 2.45) is 0 Å². The van der Waals surface area contributed by atoms with E-state index in [1.54, 1.807) is 34.9 Å². The molecule has 2 heterocycles. The lowest BCUT2D eigenvalue weighted by atomic mass is 10.1. The lowest BCUT2D eigenvalue weighted by Gasteiger charge is -2.06. The van der Waals surface area contributed by atoms with Crippen molar-refractivity contribution < 1.29 is 14.7 Å². The van der Waals surface area contributed by atoms with Gasteiger partial charge in [-0.1, -0.05) is 38.1 Å². The van der Waals surface area contributed by atoms with Crippen molar-refractivity contribution in [2.75, 3.05) is 0 Å². The highest BCUT2D eigenvalue weighted by Crippen LogP contribution is 2.12. The van der Waals surface area contributed by atoms with Crippen molar-refractivity contribution >= 4 is 17.7 Å². The average Bonchev–Trinajstić information content (AvgIpc) is 3.26. The van der Waals surface area contributed by atoms with Gasteiger partial charge in [0.1, 0.15) is 0 Å². The van der Waals surface area contributed by atoms with E-state index in [9.17, 15) is 9.59 Å². The predicted molar refractivity (Wildman–Crippen MR) is 123 cm³/mol. The lowest BCUT2D eigenvalue weighted by Crippen LogP contribution is -2.23. The Kier molecular flexibility index (Phi) is 7.50. The number of rotatable bonds is 6. The van der Waals surface area contributed by atoms with Gasteiger partial charge >= 0.3 is 5.97 Å². The maximum Gasteiger partial charge on any atom is 0.335 e. The highest BCUT2D eigenvalue weighted by molar-refractivity contribution is 5.93.